The van der Waals surface area contributed by atoms with Gasteiger partial charge in [0.15, 0.2) is 0 Å². The molecule has 36 heavy (non-hydrogen) atoms. The lowest BCUT2D eigenvalue weighted by Gasteiger charge is -2.33. The number of pyridine rings is 1. The second-order valence-electron chi connectivity index (χ2n) is 8.58. The highest BCUT2D eigenvalue weighted by molar-refractivity contribution is 5.97. The van der Waals surface area contributed by atoms with Crippen molar-refractivity contribution < 1.29 is 19.0 Å². The molecule has 0 aliphatic carbocycles. The fourth-order valence-electron chi connectivity index (χ4n) is 4.91. The van der Waals surface area contributed by atoms with E-state index in [1.807, 2.05) is 72.8 Å². The number of carbonyl (C=O) groups is 1. The molecule has 7 heteroatoms. The number of nitrogens with zero attached hydrogens (tertiary/aromatic N) is 2. The first-order valence-electron chi connectivity index (χ1n) is 11.7. The van der Waals surface area contributed by atoms with Crippen molar-refractivity contribution >= 4 is 17.4 Å². The Balaban J connectivity index is 1.68. The number of aromatic nitrogens is 1. The quantitative estimate of drug-likeness (QED) is 0.354. The van der Waals surface area contributed by atoms with E-state index >= 15 is 0 Å². The minimum Gasteiger partial charge on any atom is -0.497 e. The number of anilines is 1. The molecular formula is C29H26N3O4+. The maximum Gasteiger partial charge on any atom is 0.260 e. The molecule has 180 valence electrons. The predicted molar refractivity (Wildman–Crippen MR) is 137 cm³/mol. The van der Waals surface area contributed by atoms with E-state index in [4.69, 9.17) is 9.47 Å². The van der Waals surface area contributed by atoms with Crippen LogP contribution in [0.3, 0.4) is 0 Å². The van der Waals surface area contributed by atoms with Gasteiger partial charge in [-0.25, -0.2) is 4.98 Å². The second-order valence-corrected chi connectivity index (χ2v) is 8.58. The number of hydrogen-bond acceptors (Lipinski definition) is 5. The lowest BCUT2D eigenvalue weighted by atomic mass is 9.71. The minimum atomic E-state index is -0.654. The number of hydrogen-bond donors (Lipinski definition) is 1. The van der Waals surface area contributed by atoms with Crippen molar-refractivity contribution in [2.45, 2.75) is 17.9 Å². The molecule has 2 heterocycles. The van der Waals surface area contributed by atoms with Gasteiger partial charge in [0, 0.05) is 33.1 Å². The van der Waals surface area contributed by atoms with Crippen LogP contribution in [-0.4, -0.2) is 29.9 Å². The topological polar surface area (TPSA) is 80.5 Å². The molecule has 0 spiro atoms. The third-order valence-corrected chi connectivity index (χ3v) is 6.62. The van der Waals surface area contributed by atoms with Gasteiger partial charge in [-0.15, -0.1) is 0 Å². The molecule has 4 aromatic rings. The summed E-state index contributed by atoms with van der Waals surface area (Å²) in [5.74, 6) is 0.490. The number of benzene rings is 3. The summed E-state index contributed by atoms with van der Waals surface area (Å²) in [5.41, 5.74) is 2.79. The Bertz CT molecular complexity index is 1370. The zero-order valence-corrected chi connectivity index (χ0v) is 20.0. The highest BCUT2D eigenvalue weighted by atomic mass is 16.5. The Morgan fingerprint density at radius 1 is 0.806 bits per heavy atom. The number of rotatable bonds is 6. The second kappa shape index (κ2) is 10.00. The molecule has 0 radical (unpaired) electrons. The molecule has 1 aromatic heterocycles. The molecule has 3 atom stereocenters. The summed E-state index contributed by atoms with van der Waals surface area (Å²) in [6.45, 7) is 0. The standard InChI is InChI=1S/C29H25N3O4/c1-35-21-14-10-19(11-15-21)26-27(29(33)31-25-9-5-6-18-30-25)23-7-3-4-8-24(23)32(34)28(26)20-12-16-22(36-2)17-13-20/h3-18,26-28H,1-2H3/p+1. The summed E-state index contributed by atoms with van der Waals surface area (Å²) >= 11 is 0. The van der Waals surface area contributed by atoms with Crippen LogP contribution in [0.15, 0.2) is 97.2 Å². The summed E-state index contributed by atoms with van der Waals surface area (Å²) in [6.07, 6.45) is 1.63. The van der Waals surface area contributed by atoms with Crippen LogP contribution in [-0.2, 0) is 4.79 Å². The molecule has 3 aromatic carbocycles. The number of nitrogens with one attached hydrogen (secondary N) is 1. The van der Waals surface area contributed by atoms with Crippen LogP contribution < -0.4 is 14.8 Å². The molecule has 0 saturated carbocycles. The molecule has 1 N–H and O–H groups in total. The maximum absolute atomic E-state index is 13.9. The van der Waals surface area contributed by atoms with Crippen LogP contribution in [0.4, 0.5) is 11.5 Å². The number of para-hydroxylation sites is 1. The van der Waals surface area contributed by atoms with E-state index in [1.165, 1.54) is 0 Å². The van der Waals surface area contributed by atoms with Gasteiger partial charge in [0.2, 0.25) is 11.9 Å². The van der Waals surface area contributed by atoms with Crippen molar-refractivity contribution in [3.05, 3.63) is 119 Å². The zero-order valence-electron chi connectivity index (χ0n) is 20.0. The normalized spacial score (nSPS) is 18.7. The molecule has 5 rings (SSSR count). The Morgan fingerprint density at radius 2 is 1.42 bits per heavy atom. The number of methoxy groups -OCH3 is 2. The highest BCUT2D eigenvalue weighted by Crippen LogP contribution is 2.52. The van der Waals surface area contributed by atoms with Crippen LogP contribution in [0.5, 0.6) is 11.5 Å². The zero-order chi connectivity index (χ0) is 25.1. The van der Waals surface area contributed by atoms with Gasteiger partial charge < -0.3 is 14.8 Å². The van der Waals surface area contributed by atoms with Crippen molar-refractivity contribution in [2.75, 3.05) is 19.5 Å². The van der Waals surface area contributed by atoms with E-state index in [0.717, 1.165) is 15.9 Å². The van der Waals surface area contributed by atoms with Gasteiger partial charge >= 0.3 is 0 Å². The van der Waals surface area contributed by atoms with Gasteiger partial charge in [-0.1, -0.05) is 36.4 Å². The Labute approximate surface area is 209 Å². The predicted octanol–water partition coefficient (Wildman–Crippen LogP) is 5.77. The van der Waals surface area contributed by atoms with E-state index in [2.05, 4.69) is 10.3 Å². The van der Waals surface area contributed by atoms with Gasteiger partial charge in [0.05, 0.1) is 26.1 Å². The number of carbonyl (C=O) groups excluding carboxylic acids is 1. The van der Waals surface area contributed by atoms with Crippen molar-refractivity contribution in [1.29, 1.82) is 0 Å². The first-order valence-corrected chi connectivity index (χ1v) is 11.7. The lowest BCUT2D eigenvalue weighted by Crippen LogP contribution is -2.37. The summed E-state index contributed by atoms with van der Waals surface area (Å²) in [4.78, 5) is 32.1. The van der Waals surface area contributed by atoms with Crippen molar-refractivity contribution in [2.24, 2.45) is 0 Å². The Kier molecular flexibility index (Phi) is 6.45. The molecule has 0 bridgehead atoms. The average molecular weight is 481 g/mol. The van der Waals surface area contributed by atoms with Gasteiger partial charge in [0.1, 0.15) is 17.3 Å². The minimum absolute atomic E-state index is 0.228. The molecular weight excluding hydrogens is 454 g/mol. The van der Waals surface area contributed by atoms with Crippen molar-refractivity contribution in [1.82, 2.24) is 4.98 Å². The average Bonchev–Trinajstić information content (AvgIpc) is 2.93. The molecule has 3 unspecified atom stereocenters. The lowest BCUT2D eigenvalue weighted by molar-refractivity contribution is -0.523. The smallest absolute Gasteiger partial charge is 0.260 e. The van der Waals surface area contributed by atoms with Gasteiger partial charge in [0.25, 0.3) is 5.69 Å². The number of fused-ring (bicyclic) bond motifs is 1. The highest BCUT2D eigenvalue weighted by Gasteiger charge is 2.52. The van der Waals surface area contributed by atoms with Gasteiger partial charge in [-0.2, -0.15) is 0 Å². The van der Waals surface area contributed by atoms with Crippen molar-refractivity contribution in [3.8, 4) is 11.5 Å². The fraction of sp³-hybridized carbons (Fsp3) is 0.172. The molecule has 1 amide bonds. The molecule has 0 saturated heterocycles. The van der Waals surface area contributed by atoms with Crippen LogP contribution in [0, 0.1) is 4.91 Å². The van der Waals surface area contributed by atoms with E-state index in [1.54, 1.807) is 38.6 Å². The summed E-state index contributed by atoms with van der Waals surface area (Å²) < 4.78 is 11.7. The molecule has 1 aliphatic heterocycles. The maximum atomic E-state index is 13.9. The molecule has 1 aliphatic rings. The molecule has 0 fully saturated rings. The number of ether oxygens (including phenoxy) is 2. The first kappa shape index (κ1) is 23.2. The van der Waals surface area contributed by atoms with E-state index in [-0.39, 0.29) is 5.91 Å². The van der Waals surface area contributed by atoms with Crippen LogP contribution >= 0.6 is 0 Å². The number of amides is 1. The first-order chi connectivity index (χ1) is 17.6. The van der Waals surface area contributed by atoms with Gasteiger partial charge in [-0.05, 0) is 54.1 Å². The summed E-state index contributed by atoms with van der Waals surface area (Å²) in [5, 5.41) is 2.96. The Hall–Kier alpha value is -4.52. The van der Waals surface area contributed by atoms with Crippen LogP contribution in [0.1, 0.15) is 34.6 Å². The Morgan fingerprint density at radius 3 is 2.03 bits per heavy atom. The summed E-state index contributed by atoms with van der Waals surface area (Å²) in [7, 11) is 3.21. The third-order valence-electron chi connectivity index (χ3n) is 6.62. The van der Waals surface area contributed by atoms with Crippen LogP contribution in [0.2, 0.25) is 0 Å². The van der Waals surface area contributed by atoms with Gasteiger partial charge in [-0.3, -0.25) is 4.79 Å². The van der Waals surface area contributed by atoms with Crippen LogP contribution in [0.25, 0.3) is 0 Å². The fourth-order valence-corrected chi connectivity index (χ4v) is 4.91. The monoisotopic (exact) mass is 480 g/mol. The third kappa shape index (κ3) is 4.31. The SMILES string of the molecule is COc1ccc(C2C(C(=O)Nc3ccccn3)c3ccccc3[N+](=O)C2c2ccc(OC)cc2)cc1. The number of nitroso groups, excluding NO2 is 1. The largest absolute Gasteiger partial charge is 0.497 e. The van der Waals surface area contributed by atoms with E-state index < -0.39 is 17.9 Å². The summed E-state index contributed by atoms with van der Waals surface area (Å²) in [6, 6.07) is 27.0. The van der Waals surface area contributed by atoms with E-state index in [9.17, 15) is 9.70 Å². The molecule has 7 nitrogen and oxygen atoms in total. The van der Waals surface area contributed by atoms with E-state index in [0.29, 0.717) is 28.6 Å². The van der Waals surface area contributed by atoms with Crippen molar-refractivity contribution in [3.63, 3.8) is 0 Å².